The van der Waals surface area contributed by atoms with Gasteiger partial charge in [0.05, 0.1) is 16.1 Å². The molecule has 0 saturated carbocycles. The molecule has 12 heteroatoms. The number of anilines is 1. The first-order valence-corrected chi connectivity index (χ1v) is 15.3. The average Bonchev–Trinajstić information content (AvgIpc) is 3.63. The molecule has 2 aliphatic heterocycles. The van der Waals surface area contributed by atoms with Gasteiger partial charge >= 0.3 is 6.03 Å². The first-order chi connectivity index (χ1) is 19.0. The summed E-state index contributed by atoms with van der Waals surface area (Å²) in [6.45, 7) is 3.44. The fourth-order valence-electron chi connectivity index (χ4n) is 5.02. The van der Waals surface area contributed by atoms with E-state index >= 15 is 0 Å². The molecule has 2 aliphatic rings. The lowest BCUT2D eigenvalue weighted by Crippen LogP contribution is -2.35. The fourth-order valence-corrected chi connectivity index (χ4v) is 8.00. The highest BCUT2D eigenvalue weighted by Crippen LogP contribution is 2.39. The largest absolute Gasteiger partial charge is 0.352 e. The van der Waals surface area contributed by atoms with Crippen LogP contribution in [0.2, 0.25) is 0 Å². The van der Waals surface area contributed by atoms with E-state index in [1.54, 1.807) is 27.7 Å². The number of nitrogens with zero attached hydrogens (tertiary/aromatic N) is 5. The van der Waals surface area contributed by atoms with Gasteiger partial charge in [0.2, 0.25) is 5.95 Å². The van der Waals surface area contributed by atoms with Crippen LogP contribution in [0.25, 0.3) is 32.6 Å². The number of urea groups is 1. The van der Waals surface area contributed by atoms with E-state index in [1.165, 1.54) is 11.3 Å². The Bertz CT molecular complexity index is 1610. The van der Waals surface area contributed by atoms with Crippen LogP contribution >= 0.6 is 11.3 Å². The van der Waals surface area contributed by atoms with Gasteiger partial charge in [0.25, 0.3) is 10.0 Å². The number of nitrogens with one attached hydrogen (secondary N) is 2. The molecule has 1 aromatic carbocycles. The molecule has 0 atom stereocenters. The summed E-state index contributed by atoms with van der Waals surface area (Å²) in [4.78, 5) is 28.4. The Morgan fingerprint density at radius 1 is 0.974 bits per heavy atom. The number of para-hydroxylation sites is 1. The van der Waals surface area contributed by atoms with Gasteiger partial charge in [0, 0.05) is 68.2 Å². The molecule has 3 aromatic heterocycles. The number of rotatable bonds is 8. The number of hydrogen-bond donors (Lipinski definition) is 2. The molecule has 202 valence electrons. The molecule has 0 spiro atoms. The third-order valence-corrected chi connectivity index (χ3v) is 10.5. The van der Waals surface area contributed by atoms with Crippen molar-refractivity contribution in [1.29, 1.82) is 0 Å². The Morgan fingerprint density at radius 2 is 1.82 bits per heavy atom. The topological polar surface area (TPSA) is 120 Å². The van der Waals surface area contributed by atoms with Gasteiger partial charge in [-0.05, 0) is 31.0 Å². The lowest BCUT2D eigenvalue weighted by atomic mass is 10.0. The summed E-state index contributed by atoms with van der Waals surface area (Å²) in [6.07, 6.45) is 6.34. The first kappa shape index (κ1) is 25.7. The van der Waals surface area contributed by atoms with E-state index in [0.29, 0.717) is 55.1 Å². The number of thiophene rings is 1. The number of hydrogen-bond acceptors (Lipinski definition) is 8. The maximum atomic E-state index is 13.4. The van der Waals surface area contributed by atoms with Crippen LogP contribution in [-0.2, 0) is 10.0 Å². The summed E-state index contributed by atoms with van der Waals surface area (Å²) in [5.41, 5.74) is 3.10. The minimum Gasteiger partial charge on any atom is -0.352 e. The summed E-state index contributed by atoms with van der Waals surface area (Å²) in [7, 11) is -3.56. The highest BCUT2D eigenvalue weighted by atomic mass is 32.2. The Labute approximate surface area is 231 Å². The molecular weight excluding hydrogens is 534 g/mol. The third kappa shape index (κ3) is 5.19. The fraction of sp³-hybridized carbons (Fsp3) is 0.333. The van der Waals surface area contributed by atoms with E-state index in [0.717, 1.165) is 46.2 Å². The average molecular weight is 564 g/mol. The van der Waals surface area contributed by atoms with Crippen molar-refractivity contribution in [2.75, 3.05) is 44.6 Å². The van der Waals surface area contributed by atoms with Crippen molar-refractivity contribution in [3.8, 4) is 21.7 Å². The first-order valence-electron chi connectivity index (χ1n) is 13.1. The monoisotopic (exact) mass is 563 g/mol. The van der Waals surface area contributed by atoms with Gasteiger partial charge in [-0.25, -0.2) is 23.2 Å². The normalized spacial score (nSPS) is 16.5. The standard InChI is InChI=1S/C27H29N7O3S2/c35-27-30-13-17-33(27)16-12-29-26-31-18-21(20-8-4-6-19-7-5-11-28-24(19)20)25(32-26)22-9-10-23(38-22)39(36,37)34-14-2-1-3-15-34/h4-11,18H,1-3,12-17H2,(H,30,35)(H,29,31,32). The Morgan fingerprint density at radius 3 is 2.64 bits per heavy atom. The van der Waals surface area contributed by atoms with Crippen molar-refractivity contribution < 1.29 is 13.2 Å². The summed E-state index contributed by atoms with van der Waals surface area (Å²) >= 11 is 1.22. The Balaban J connectivity index is 1.37. The van der Waals surface area contributed by atoms with Crippen molar-refractivity contribution in [3.05, 3.63) is 54.9 Å². The lowest BCUT2D eigenvalue weighted by Gasteiger charge is -2.25. The summed E-state index contributed by atoms with van der Waals surface area (Å²) in [5.74, 6) is 0.412. The summed E-state index contributed by atoms with van der Waals surface area (Å²) in [5, 5.41) is 7.02. The van der Waals surface area contributed by atoms with Crippen LogP contribution in [0.15, 0.2) is 59.1 Å². The number of carbonyl (C=O) groups excluding carboxylic acids is 1. The van der Waals surface area contributed by atoms with Crippen LogP contribution in [0, 0.1) is 0 Å². The van der Waals surface area contributed by atoms with E-state index in [9.17, 15) is 13.2 Å². The third-order valence-electron chi connectivity index (χ3n) is 7.05. The van der Waals surface area contributed by atoms with Gasteiger partial charge in [-0.1, -0.05) is 30.7 Å². The van der Waals surface area contributed by atoms with Gasteiger partial charge in [0.15, 0.2) is 0 Å². The molecule has 2 saturated heterocycles. The molecule has 0 aliphatic carbocycles. The van der Waals surface area contributed by atoms with Crippen molar-refractivity contribution >= 4 is 44.2 Å². The highest BCUT2D eigenvalue weighted by molar-refractivity contribution is 7.91. The van der Waals surface area contributed by atoms with E-state index in [4.69, 9.17) is 4.98 Å². The van der Waals surface area contributed by atoms with Crippen LogP contribution < -0.4 is 10.6 Å². The van der Waals surface area contributed by atoms with Gasteiger partial charge in [-0.2, -0.15) is 4.31 Å². The van der Waals surface area contributed by atoms with E-state index in [1.807, 2.05) is 36.4 Å². The number of piperidine rings is 1. The molecule has 2 N–H and O–H groups in total. The summed E-state index contributed by atoms with van der Waals surface area (Å²) in [6, 6.07) is 13.3. The smallest absolute Gasteiger partial charge is 0.317 e. The molecule has 2 amide bonds. The molecule has 4 aromatic rings. The Kier molecular flexibility index (Phi) is 7.15. The molecule has 5 heterocycles. The zero-order chi connectivity index (χ0) is 26.8. The molecule has 39 heavy (non-hydrogen) atoms. The van der Waals surface area contributed by atoms with Crippen molar-refractivity contribution in [2.24, 2.45) is 0 Å². The van der Waals surface area contributed by atoms with Crippen LogP contribution in [0.5, 0.6) is 0 Å². The van der Waals surface area contributed by atoms with Gasteiger partial charge in [0.1, 0.15) is 4.21 Å². The predicted molar refractivity (Wildman–Crippen MR) is 152 cm³/mol. The number of aromatic nitrogens is 3. The van der Waals surface area contributed by atoms with Crippen molar-refractivity contribution in [3.63, 3.8) is 0 Å². The van der Waals surface area contributed by atoms with Crippen molar-refractivity contribution in [1.82, 2.24) is 29.5 Å². The number of amides is 2. The number of benzene rings is 1. The second kappa shape index (κ2) is 10.9. The maximum Gasteiger partial charge on any atom is 0.317 e. The molecule has 0 bridgehead atoms. The quantitative estimate of drug-likeness (QED) is 0.332. The number of sulfonamides is 1. The minimum atomic E-state index is -3.56. The van der Waals surface area contributed by atoms with Crippen LogP contribution in [-0.4, -0.2) is 77.9 Å². The second-order valence-corrected chi connectivity index (χ2v) is 12.8. The van der Waals surface area contributed by atoms with Crippen LogP contribution in [0.1, 0.15) is 19.3 Å². The minimum absolute atomic E-state index is 0.0711. The van der Waals surface area contributed by atoms with E-state index in [2.05, 4.69) is 20.6 Å². The van der Waals surface area contributed by atoms with Crippen LogP contribution in [0.4, 0.5) is 10.7 Å². The molecule has 10 nitrogen and oxygen atoms in total. The second-order valence-electron chi connectivity index (χ2n) is 9.57. The SMILES string of the molecule is O=C1NCCN1CCNc1ncc(-c2cccc3cccnc23)c(-c2ccc(S(=O)(=O)N3CCCCC3)s2)n1. The van der Waals surface area contributed by atoms with Gasteiger partial charge < -0.3 is 15.5 Å². The zero-order valence-corrected chi connectivity index (χ0v) is 23.0. The van der Waals surface area contributed by atoms with Crippen LogP contribution in [0.3, 0.4) is 0 Å². The molecule has 6 rings (SSSR count). The molecule has 2 fully saturated rings. The summed E-state index contributed by atoms with van der Waals surface area (Å²) < 4.78 is 28.6. The van der Waals surface area contributed by atoms with Gasteiger partial charge in [-0.15, -0.1) is 11.3 Å². The Hall–Kier alpha value is -3.61. The number of fused-ring (bicyclic) bond motifs is 1. The predicted octanol–water partition coefficient (Wildman–Crippen LogP) is 4.03. The number of pyridine rings is 1. The molecule has 0 radical (unpaired) electrons. The van der Waals surface area contributed by atoms with E-state index in [-0.39, 0.29) is 6.03 Å². The zero-order valence-electron chi connectivity index (χ0n) is 21.3. The lowest BCUT2D eigenvalue weighted by molar-refractivity contribution is 0.219. The maximum absolute atomic E-state index is 13.4. The van der Waals surface area contributed by atoms with Crippen molar-refractivity contribution in [2.45, 2.75) is 23.5 Å². The highest BCUT2D eigenvalue weighted by Gasteiger charge is 2.28. The van der Waals surface area contributed by atoms with Gasteiger partial charge in [-0.3, -0.25) is 4.98 Å². The van der Waals surface area contributed by atoms with E-state index < -0.39 is 10.0 Å². The number of carbonyl (C=O) groups is 1. The molecule has 0 unspecified atom stereocenters. The molecular formula is C27H29N7O3S2.